The average Bonchev–Trinajstić information content (AvgIpc) is 2.59. The molecule has 0 aliphatic carbocycles. The second-order valence-electron chi connectivity index (χ2n) is 4.45. The average molecular weight is 304 g/mol. The Kier molecular flexibility index (Phi) is 5.36. The molecule has 2 aromatic carbocycles. The van der Waals surface area contributed by atoms with Crippen molar-refractivity contribution in [2.45, 2.75) is 6.61 Å². The number of benzene rings is 2. The van der Waals surface area contributed by atoms with Gasteiger partial charge in [-0.2, -0.15) is 0 Å². The Morgan fingerprint density at radius 1 is 0.682 bits per heavy atom. The van der Waals surface area contributed by atoms with Gasteiger partial charge in [-0.25, -0.2) is 0 Å². The van der Waals surface area contributed by atoms with Crippen LogP contribution in [0.4, 0.5) is 0 Å². The SMILES string of the molecule is COc1cc(OC)c(OC)c(OCc2ccccc2)c1OC. The quantitative estimate of drug-likeness (QED) is 0.785. The zero-order valence-corrected chi connectivity index (χ0v) is 13.2. The number of hydrogen-bond acceptors (Lipinski definition) is 5. The van der Waals surface area contributed by atoms with Crippen LogP contribution in [0.3, 0.4) is 0 Å². The van der Waals surface area contributed by atoms with Gasteiger partial charge in [-0.1, -0.05) is 30.3 Å². The van der Waals surface area contributed by atoms with Gasteiger partial charge in [0.25, 0.3) is 0 Å². The Labute approximate surface area is 130 Å². The summed E-state index contributed by atoms with van der Waals surface area (Å²) >= 11 is 0. The minimum Gasteiger partial charge on any atom is -0.493 e. The van der Waals surface area contributed by atoms with E-state index in [1.54, 1.807) is 34.5 Å². The predicted molar refractivity (Wildman–Crippen MR) is 83.4 cm³/mol. The molecule has 5 heteroatoms. The second-order valence-corrected chi connectivity index (χ2v) is 4.45. The van der Waals surface area contributed by atoms with E-state index in [-0.39, 0.29) is 0 Å². The zero-order valence-electron chi connectivity index (χ0n) is 13.2. The van der Waals surface area contributed by atoms with Gasteiger partial charge in [-0.15, -0.1) is 0 Å². The summed E-state index contributed by atoms with van der Waals surface area (Å²) in [5, 5.41) is 0. The number of hydrogen-bond donors (Lipinski definition) is 0. The smallest absolute Gasteiger partial charge is 0.211 e. The van der Waals surface area contributed by atoms with Crippen LogP contribution in [0.2, 0.25) is 0 Å². The summed E-state index contributed by atoms with van der Waals surface area (Å²) in [4.78, 5) is 0. The Morgan fingerprint density at radius 2 is 1.23 bits per heavy atom. The number of rotatable bonds is 7. The highest BCUT2D eigenvalue weighted by atomic mass is 16.6. The molecule has 0 fully saturated rings. The largest absolute Gasteiger partial charge is 0.493 e. The minimum atomic E-state index is 0.379. The summed E-state index contributed by atoms with van der Waals surface area (Å²) in [5.74, 6) is 2.42. The van der Waals surface area contributed by atoms with Crippen LogP contribution in [0, 0.1) is 0 Å². The maximum atomic E-state index is 5.91. The summed E-state index contributed by atoms with van der Waals surface area (Å²) < 4.78 is 27.4. The van der Waals surface area contributed by atoms with E-state index in [4.69, 9.17) is 23.7 Å². The fourth-order valence-electron chi connectivity index (χ4n) is 2.13. The molecule has 5 nitrogen and oxygen atoms in total. The van der Waals surface area contributed by atoms with Crippen LogP contribution in [0.5, 0.6) is 28.7 Å². The Hall–Kier alpha value is -2.56. The van der Waals surface area contributed by atoms with Crippen molar-refractivity contribution in [2.24, 2.45) is 0 Å². The monoisotopic (exact) mass is 304 g/mol. The second kappa shape index (κ2) is 7.45. The lowest BCUT2D eigenvalue weighted by Crippen LogP contribution is -2.03. The molecular weight excluding hydrogens is 284 g/mol. The molecule has 0 aliphatic rings. The van der Waals surface area contributed by atoms with Crippen LogP contribution in [0.25, 0.3) is 0 Å². The normalized spacial score (nSPS) is 10.0. The fourth-order valence-corrected chi connectivity index (χ4v) is 2.13. The van der Waals surface area contributed by atoms with Crippen molar-refractivity contribution in [3.05, 3.63) is 42.0 Å². The lowest BCUT2D eigenvalue weighted by molar-refractivity contribution is 0.251. The molecule has 0 amide bonds. The Balaban J connectivity index is 2.41. The molecule has 22 heavy (non-hydrogen) atoms. The van der Waals surface area contributed by atoms with Gasteiger partial charge in [0.15, 0.2) is 11.5 Å². The van der Waals surface area contributed by atoms with E-state index >= 15 is 0 Å². The lowest BCUT2D eigenvalue weighted by Gasteiger charge is -2.19. The van der Waals surface area contributed by atoms with Crippen LogP contribution < -0.4 is 23.7 Å². The van der Waals surface area contributed by atoms with Gasteiger partial charge in [-0.05, 0) is 5.56 Å². The van der Waals surface area contributed by atoms with E-state index in [1.807, 2.05) is 30.3 Å². The maximum Gasteiger partial charge on any atom is 0.211 e. The third-order valence-electron chi connectivity index (χ3n) is 3.20. The van der Waals surface area contributed by atoms with Crippen molar-refractivity contribution >= 4 is 0 Å². The molecule has 118 valence electrons. The van der Waals surface area contributed by atoms with Crippen molar-refractivity contribution in [3.63, 3.8) is 0 Å². The van der Waals surface area contributed by atoms with Crippen molar-refractivity contribution in [1.29, 1.82) is 0 Å². The first kappa shape index (κ1) is 15.8. The summed E-state index contributed by atoms with van der Waals surface area (Å²) in [6.07, 6.45) is 0. The molecule has 0 aromatic heterocycles. The maximum absolute atomic E-state index is 5.91. The van der Waals surface area contributed by atoms with Gasteiger partial charge in [0.2, 0.25) is 17.2 Å². The first-order valence-electron chi connectivity index (χ1n) is 6.78. The molecule has 0 radical (unpaired) electrons. The van der Waals surface area contributed by atoms with Gasteiger partial charge in [-0.3, -0.25) is 0 Å². The van der Waals surface area contributed by atoms with Crippen molar-refractivity contribution in [1.82, 2.24) is 0 Å². The van der Waals surface area contributed by atoms with E-state index in [2.05, 4.69) is 0 Å². The van der Waals surface area contributed by atoms with Crippen molar-refractivity contribution in [3.8, 4) is 28.7 Å². The molecule has 0 spiro atoms. The van der Waals surface area contributed by atoms with Gasteiger partial charge in [0.05, 0.1) is 28.4 Å². The van der Waals surface area contributed by atoms with Gasteiger partial charge in [0, 0.05) is 6.07 Å². The molecule has 2 aromatic rings. The van der Waals surface area contributed by atoms with Crippen molar-refractivity contribution < 1.29 is 23.7 Å². The van der Waals surface area contributed by atoms with Crippen LogP contribution in [0.1, 0.15) is 5.56 Å². The third kappa shape index (κ3) is 3.19. The predicted octanol–water partition coefficient (Wildman–Crippen LogP) is 3.30. The van der Waals surface area contributed by atoms with Crippen LogP contribution in [-0.4, -0.2) is 28.4 Å². The lowest BCUT2D eigenvalue weighted by atomic mass is 10.2. The van der Waals surface area contributed by atoms with Gasteiger partial charge >= 0.3 is 0 Å². The summed E-state index contributed by atoms with van der Waals surface area (Å²) in [6.45, 7) is 0.379. The first-order valence-corrected chi connectivity index (χ1v) is 6.78. The van der Waals surface area contributed by atoms with E-state index in [0.29, 0.717) is 35.4 Å². The topological polar surface area (TPSA) is 46.2 Å². The van der Waals surface area contributed by atoms with E-state index in [0.717, 1.165) is 5.56 Å². The number of ether oxygens (including phenoxy) is 5. The number of methoxy groups -OCH3 is 4. The zero-order chi connectivity index (χ0) is 15.9. The highest BCUT2D eigenvalue weighted by Crippen LogP contribution is 2.50. The first-order chi connectivity index (χ1) is 10.7. The molecule has 0 heterocycles. The van der Waals surface area contributed by atoms with Gasteiger partial charge < -0.3 is 23.7 Å². The highest BCUT2D eigenvalue weighted by Gasteiger charge is 2.23. The molecular formula is C17H20O5. The van der Waals surface area contributed by atoms with Crippen molar-refractivity contribution in [2.75, 3.05) is 28.4 Å². The molecule has 0 saturated carbocycles. The Morgan fingerprint density at radius 3 is 1.68 bits per heavy atom. The summed E-state index contributed by atoms with van der Waals surface area (Å²) in [7, 11) is 6.23. The molecule has 0 bridgehead atoms. The highest BCUT2D eigenvalue weighted by molar-refractivity contribution is 5.65. The Bertz CT molecular complexity index is 580. The van der Waals surface area contributed by atoms with E-state index < -0.39 is 0 Å². The molecule has 0 atom stereocenters. The third-order valence-corrected chi connectivity index (χ3v) is 3.20. The van der Waals surface area contributed by atoms with E-state index in [1.165, 1.54) is 0 Å². The minimum absolute atomic E-state index is 0.379. The summed E-state index contributed by atoms with van der Waals surface area (Å²) in [6, 6.07) is 11.5. The van der Waals surface area contributed by atoms with Gasteiger partial charge in [0.1, 0.15) is 6.61 Å². The van der Waals surface area contributed by atoms with Crippen LogP contribution in [0.15, 0.2) is 36.4 Å². The van der Waals surface area contributed by atoms with Crippen LogP contribution >= 0.6 is 0 Å². The molecule has 2 rings (SSSR count). The molecule has 0 unspecified atom stereocenters. The summed E-state index contributed by atoms with van der Waals surface area (Å²) in [5.41, 5.74) is 1.04. The van der Waals surface area contributed by atoms with Crippen LogP contribution in [-0.2, 0) is 6.61 Å². The standard InChI is InChI=1S/C17H20O5/c1-18-13-10-14(19-2)16(21-4)17(15(13)20-3)22-11-12-8-6-5-7-9-12/h5-10H,11H2,1-4H3. The van der Waals surface area contributed by atoms with E-state index in [9.17, 15) is 0 Å². The fraction of sp³-hybridized carbons (Fsp3) is 0.294. The molecule has 0 aliphatic heterocycles. The molecule has 0 N–H and O–H groups in total. The molecule has 0 saturated heterocycles.